The van der Waals surface area contributed by atoms with Gasteiger partial charge in [0.2, 0.25) is 0 Å². The van der Waals surface area contributed by atoms with E-state index in [0.29, 0.717) is 5.69 Å². The smallest absolute Gasteiger partial charge is 0.145 e. The van der Waals surface area contributed by atoms with Crippen molar-refractivity contribution in [2.45, 2.75) is 12.7 Å². The molecule has 3 nitrogen and oxygen atoms in total. The van der Waals surface area contributed by atoms with E-state index in [0.717, 1.165) is 5.56 Å². The summed E-state index contributed by atoms with van der Waals surface area (Å²) in [5.74, 6) is 0.0437. The Morgan fingerprint density at radius 3 is 2.82 bits per heavy atom. The zero-order valence-corrected chi connectivity index (χ0v) is 7.04. The molecule has 4 heteroatoms. The van der Waals surface area contributed by atoms with Gasteiger partial charge in [-0.05, 0) is 18.6 Å². The lowest BCUT2D eigenvalue weighted by molar-refractivity contribution is 0.613. The molecule has 0 unspecified atom stereocenters. The molecule has 0 aliphatic heterocycles. The zero-order valence-electron chi connectivity index (χ0n) is 6.15. The van der Waals surface area contributed by atoms with Crippen LogP contribution in [0.5, 0.6) is 0 Å². The molecule has 0 amide bonds. The quantitative estimate of drug-likeness (QED) is 0.659. The molecule has 0 bridgehead atoms. The Kier molecular flexibility index (Phi) is 2.59. The van der Waals surface area contributed by atoms with Crippen molar-refractivity contribution >= 4 is 10.7 Å². The lowest BCUT2D eigenvalue weighted by Gasteiger charge is -1.97. The van der Waals surface area contributed by atoms with Crippen LogP contribution in [0.15, 0.2) is 18.3 Å². The predicted molar refractivity (Wildman–Crippen MR) is 43.0 cm³/mol. The van der Waals surface area contributed by atoms with E-state index >= 15 is 0 Å². The third-order valence-corrected chi connectivity index (χ3v) is 1.95. The van der Waals surface area contributed by atoms with Gasteiger partial charge in [0.05, 0.1) is 11.4 Å². The van der Waals surface area contributed by atoms with Crippen LogP contribution in [0.3, 0.4) is 0 Å². The molecule has 0 aromatic carbocycles. The van der Waals surface area contributed by atoms with Crippen LogP contribution in [-0.4, -0.2) is 13.4 Å². The molecule has 0 N–H and O–H groups in total. The molecule has 1 aromatic rings. The third kappa shape index (κ3) is 2.31. The average molecular weight is 171 g/mol. The van der Waals surface area contributed by atoms with Gasteiger partial charge in [-0.3, -0.25) is 4.98 Å². The fraction of sp³-hybridized carbons (Fsp3) is 0.286. The normalized spacial score (nSPS) is 10.4. The van der Waals surface area contributed by atoms with Gasteiger partial charge in [-0.15, -0.1) is 0 Å². The second-order valence-corrected chi connectivity index (χ2v) is 3.24. The summed E-state index contributed by atoms with van der Waals surface area (Å²) in [7, 11) is -2.36. The molecule has 0 aliphatic carbocycles. The van der Waals surface area contributed by atoms with Gasteiger partial charge in [0.15, 0.2) is 0 Å². The van der Waals surface area contributed by atoms with Crippen LogP contribution in [0.4, 0.5) is 0 Å². The van der Waals surface area contributed by atoms with Gasteiger partial charge < -0.3 is 0 Å². The fourth-order valence-corrected chi connectivity index (χ4v) is 1.38. The Morgan fingerprint density at radius 2 is 2.27 bits per heavy atom. The Bertz CT molecular complexity index is 312. The summed E-state index contributed by atoms with van der Waals surface area (Å²) < 4.78 is 20.6. The first-order valence-corrected chi connectivity index (χ1v) is 4.58. The number of hydrogen-bond acceptors (Lipinski definition) is 3. The average Bonchev–Trinajstić information content (AvgIpc) is 1.93. The maximum absolute atomic E-state index is 10.3. The van der Waals surface area contributed by atoms with E-state index in [1.807, 2.05) is 13.0 Å². The summed E-state index contributed by atoms with van der Waals surface area (Å²) in [5, 5.41) is 0. The molecule has 11 heavy (non-hydrogen) atoms. The second kappa shape index (κ2) is 3.48. The van der Waals surface area contributed by atoms with Crippen LogP contribution in [-0.2, 0) is 16.5 Å². The van der Waals surface area contributed by atoms with Crippen molar-refractivity contribution in [2.75, 3.05) is 0 Å². The molecule has 1 aromatic heterocycles. The van der Waals surface area contributed by atoms with Gasteiger partial charge in [-0.1, -0.05) is 6.07 Å². The highest BCUT2D eigenvalue weighted by molar-refractivity contribution is 7.71. The first-order chi connectivity index (χ1) is 5.20. The van der Waals surface area contributed by atoms with E-state index in [-0.39, 0.29) is 5.75 Å². The van der Waals surface area contributed by atoms with Crippen molar-refractivity contribution in [1.82, 2.24) is 4.98 Å². The summed E-state index contributed by atoms with van der Waals surface area (Å²) in [6.45, 7) is 1.85. The number of aryl methyl sites for hydroxylation is 1. The Morgan fingerprint density at radius 1 is 1.55 bits per heavy atom. The third-order valence-electron chi connectivity index (χ3n) is 1.40. The van der Waals surface area contributed by atoms with Crippen molar-refractivity contribution in [3.63, 3.8) is 0 Å². The molecule has 0 aliphatic rings. The maximum Gasteiger partial charge on any atom is 0.145 e. The first-order valence-electron chi connectivity index (χ1n) is 3.22. The van der Waals surface area contributed by atoms with E-state index in [4.69, 9.17) is 0 Å². The molecule has 1 rings (SSSR count). The van der Waals surface area contributed by atoms with Crippen molar-refractivity contribution in [1.29, 1.82) is 0 Å². The SMILES string of the molecule is Cc1cccnc1C[SH](=O)=O. The van der Waals surface area contributed by atoms with Crippen LogP contribution in [0.2, 0.25) is 0 Å². The van der Waals surface area contributed by atoms with Crippen molar-refractivity contribution in [3.05, 3.63) is 29.6 Å². The van der Waals surface area contributed by atoms with Crippen LogP contribution in [0, 0.1) is 6.92 Å². The van der Waals surface area contributed by atoms with Crippen LogP contribution >= 0.6 is 0 Å². The van der Waals surface area contributed by atoms with E-state index in [2.05, 4.69) is 4.98 Å². The molecule has 0 radical (unpaired) electrons. The molecular weight excluding hydrogens is 162 g/mol. The maximum atomic E-state index is 10.3. The van der Waals surface area contributed by atoms with Crippen LogP contribution in [0.25, 0.3) is 0 Å². The molecule has 0 saturated carbocycles. The lowest BCUT2D eigenvalue weighted by Crippen LogP contribution is -1.93. The summed E-state index contributed by atoms with van der Waals surface area (Å²) >= 11 is 0. The number of thiol groups is 1. The molecule has 60 valence electrons. The minimum atomic E-state index is -2.36. The fourth-order valence-electron chi connectivity index (χ4n) is 0.806. The van der Waals surface area contributed by atoms with E-state index in [9.17, 15) is 8.42 Å². The summed E-state index contributed by atoms with van der Waals surface area (Å²) in [6.07, 6.45) is 1.60. The number of hydrogen-bond donors (Lipinski definition) is 1. The number of rotatable bonds is 2. The monoisotopic (exact) mass is 171 g/mol. The summed E-state index contributed by atoms with van der Waals surface area (Å²) in [6, 6.07) is 3.64. The summed E-state index contributed by atoms with van der Waals surface area (Å²) in [5.41, 5.74) is 1.57. The van der Waals surface area contributed by atoms with Gasteiger partial charge >= 0.3 is 0 Å². The van der Waals surface area contributed by atoms with Gasteiger partial charge in [-0.2, -0.15) is 0 Å². The minimum Gasteiger partial charge on any atom is -0.260 e. The predicted octanol–water partition coefficient (Wildman–Crippen LogP) is 0.501. The Hall–Kier alpha value is -0.900. The number of nitrogens with zero attached hydrogens (tertiary/aromatic N) is 1. The molecule has 0 fully saturated rings. The summed E-state index contributed by atoms with van der Waals surface area (Å²) in [4.78, 5) is 3.93. The largest absolute Gasteiger partial charge is 0.260 e. The number of aromatic nitrogens is 1. The highest BCUT2D eigenvalue weighted by Crippen LogP contribution is 2.03. The molecule has 1 heterocycles. The van der Waals surface area contributed by atoms with Gasteiger partial charge in [0.1, 0.15) is 10.7 Å². The highest BCUT2D eigenvalue weighted by atomic mass is 32.2. The first kappa shape index (κ1) is 8.20. The van der Waals surface area contributed by atoms with E-state index in [1.54, 1.807) is 12.3 Å². The second-order valence-electron chi connectivity index (χ2n) is 2.26. The van der Waals surface area contributed by atoms with Gasteiger partial charge in [0.25, 0.3) is 0 Å². The number of pyridine rings is 1. The lowest BCUT2D eigenvalue weighted by atomic mass is 10.2. The van der Waals surface area contributed by atoms with Gasteiger partial charge in [0, 0.05) is 6.20 Å². The Labute approximate surface area is 67.0 Å². The van der Waals surface area contributed by atoms with Crippen molar-refractivity contribution in [2.24, 2.45) is 0 Å². The minimum absolute atomic E-state index is 0.0437. The van der Waals surface area contributed by atoms with Crippen molar-refractivity contribution < 1.29 is 8.42 Å². The highest BCUT2D eigenvalue weighted by Gasteiger charge is 1.98. The van der Waals surface area contributed by atoms with Crippen LogP contribution in [0.1, 0.15) is 11.3 Å². The molecular formula is C7H9NO2S. The Balaban J connectivity index is 2.94. The molecule has 0 spiro atoms. The van der Waals surface area contributed by atoms with Gasteiger partial charge in [-0.25, -0.2) is 8.42 Å². The molecule has 0 atom stereocenters. The zero-order chi connectivity index (χ0) is 8.27. The van der Waals surface area contributed by atoms with Crippen molar-refractivity contribution in [3.8, 4) is 0 Å². The standard InChI is InChI=1S/C7H9NO2S/c1-6-3-2-4-8-7(6)5-11(9)10/h2-4,11H,5H2,1H3. The topological polar surface area (TPSA) is 47.0 Å². The van der Waals surface area contributed by atoms with E-state index in [1.165, 1.54) is 0 Å². The van der Waals surface area contributed by atoms with Crippen LogP contribution < -0.4 is 0 Å². The van der Waals surface area contributed by atoms with E-state index < -0.39 is 10.7 Å². The molecule has 0 saturated heterocycles.